The molecule has 0 aliphatic rings. The molecule has 0 aliphatic heterocycles. The van der Waals surface area contributed by atoms with Crippen LogP contribution in [0.5, 0.6) is 0 Å². The van der Waals surface area contributed by atoms with Gasteiger partial charge in [-0.05, 0) is 17.7 Å². The SMILES string of the molecule is NS(=O)(=O)c1ccc(CNCc2nccs2)cc1. The first-order valence-corrected chi connectivity index (χ1v) is 7.69. The highest BCUT2D eigenvalue weighted by molar-refractivity contribution is 7.89. The second kappa shape index (κ2) is 5.57. The van der Waals surface area contributed by atoms with Gasteiger partial charge in [0.2, 0.25) is 10.0 Å². The summed E-state index contributed by atoms with van der Waals surface area (Å²) in [6, 6.07) is 6.51. The molecule has 5 nitrogen and oxygen atoms in total. The molecule has 0 aliphatic carbocycles. The van der Waals surface area contributed by atoms with Gasteiger partial charge in [0, 0.05) is 24.7 Å². The molecule has 0 unspecified atom stereocenters. The number of rotatable bonds is 5. The topological polar surface area (TPSA) is 85.1 Å². The number of benzene rings is 1. The second-order valence-electron chi connectivity index (χ2n) is 3.72. The average molecular weight is 283 g/mol. The van der Waals surface area contributed by atoms with Crippen LogP contribution in [0.2, 0.25) is 0 Å². The van der Waals surface area contributed by atoms with Crippen LogP contribution in [0.3, 0.4) is 0 Å². The number of primary sulfonamides is 1. The van der Waals surface area contributed by atoms with Crippen LogP contribution in [-0.4, -0.2) is 13.4 Å². The van der Waals surface area contributed by atoms with Gasteiger partial charge in [0.05, 0.1) is 4.90 Å². The Hall–Kier alpha value is -1.28. The Balaban J connectivity index is 1.91. The zero-order valence-electron chi connectivity index (χ0n) is 9.54. The average Bonchev–Trinajstić information content (AvgIpc) is 2.82. The fourth-order valence-corrected chi connectivity index (χ4v) is 2.55. The van der Waals surface area contributed by atoms with E-state index in [2.05, 4.69) is 10.3 Å². The van der Waals surface area contributed by atoms with E-state index in [1.807, 2.05) is 5.38 Å². The summed E-state index contributed by atoms with van der Waals surface area (Å²) in [5, 5.41) is 11.2. The number of thiazole rings is 1. The van der Waals surface area contributed by atoms with Crippen LogP contribution in [0.1, 0.15) is 10.6 Å². The molecule has 0 atom stereocenters. The number of aromatic nitrogens is 1. The summed E-state index contributed by atoms with van der Waals surface area (Å²) in [7, 11) is -3.60. The van der Waals surface area contributed by atoms with Crippen molar-refractivity contribution in [3.05, 3.63) is 46.4 Å². The summed E-state index contributed by atoms with van der Waals surface area (Å²) in [5.74, 6) is 0. The van der Waals surface area contributed by atoms with Crippen molar-refractivity contribution in [2.45, 2.75) is 18.0 Å². The largest absolute Gasteiger partial charge is 0.306 e. The Morgan fingerprint density at radius 3 is 2.50 bits per heavy atom. The number of hydrogen-bond acceptors (Lipinski definition) is 5. The molecule has 2 aromatic rings. The summed E-state index contributed by atoms with van der Waals surface area (Å²) in [6.45, 7) is 1.36. The van der Waals surface area contributed by atoms with Gasteiger partial charge >= 0.3 is 0 Å². The van der Waals surface area contributed by atoms with Crippen LogP contribution in [-0.2, 0) is 23.1 Å². The molecule has 3 N–H and O–H groups in total. The maximum Gasteiger partial charge on any atom is 0.238 e. The number of sulfonamides is 1. The zero-order chi connectivity index (χ0) is 13.0. The first-order valence-electron chi connectivity index (χ1n) is 5.26. The highest BCUT2D eigenvalue weighted by atomic mass is 32.2. The van der Waals surface area contributed by atoms with Crippen LogP contribution >= 0.6 is 11.3 Å². The zero-order valence-corrected chi connectivity index (χ0v) is 11.2. The molecule has 0 saturated heterocycles. The fraction of sp³-hybridized carbons (Fsp3) is 0.182. The van der Waals surface area contributed by atoms with Gasteiger partial charge in [0.25, 0.3) is 0 Å². The Kier molecular flexibility index (Phi) is 4.07. The Bertz CT molecular complexity index is 592. The van der Waals surface area contributed by atoms with Crippen molar-refractivity contribution >= 4 is 21.4 Å². The first kappa shape index (κ1) is 13.2. The minimum atomic E-state index is -3.60. The molecule has 7 heteroatoms. The molecule has 1 heterocycles. The molecule has 0 saturated carbocycles. The van der Waals surface area contributed by atoms with E-state index in [4.69, 9.17) is 5.14 Å². The quantitative estimate of drug-likeness (QED) is 0.860. The molecular weight excluding hydrogens is 270 g/mol. The molecule has 0 spiro atoms. The van der Waals surface area contributed by atoms with Crippen molar-refractivity contribution in [1.29, 1.82) is 0 Å². The molecule has 0 radical (unpaired) electrons. The fourth-order valence-electron chi connectivity index (χ4n) is 1.45. The molecule has 1 aromatic heterocycles. The van der Waals surface area contributed by atoms with Crippen molar-refractivity contribution in [3.8, 4) is 0 Å². The predicted molar refractivity (Wildman–Crippen MR) is 70.5 cm³/mol. The van der Waals surface area contributed by atoms with Gasteiger partial charge in [-0.25, -0.2) is 18.5 Å². The van der Waals surface area contributed by atoms with Gasteiger partial charge < -0.3 is 5.32 Å². The molecular formula is C11H13N3O2S2. The van der Waals surface area contributed by atoms with E-state index < -0.39 is 10.0 Å². The van der Waals surface area contributed by atoms with E-state index >= 15 is 0 Å². The molecule has 18 heavy (non-hydrogen) atoms. The number of nitrogens with zero attached hydrogens (tertiary/aromatic N) is 1. The minimum Gasteiger partial charge on any atom is -0.306 e. The minimum absolute atomic E-state index is 0.131. The Labute approximate surface area is 110 Å². The van der Waals surface area contributed by atoms with E-state index in [9.17, 15) is 8.42 Å². The van der Waals surface area contributed by atoms with Gasteiger partial charge in [-0.3, -0.25) is 0 Å². The second-order valence-corrected chi connectivity index (χ2v) is 6.26. The molecule has 0 bridgehead atoms. The standard InChI is InChI=1S/C11H13N3O2S2/c12-18(15,16)10-3-1-9(2-4-10)7-13-8-11-14-5-6-17-11/h1-6,13H,7-8H2,(H2,12,15,16). The Morgan fingerprint density at radius 2 is 1.94 bits per heavy atom. The van der Waals surface area contributed by atoms with Gasteiger partial charge in [-0.2, -0.15) is 0 Å². The van der Waals surface area contributed by atoms with Crippen LogP contribution in [0.4, 0.5) is 0 Å². The van der Waals surface area contributed by atoms with Crippen LogP contribution in [0.25, 0.3) is 0 Å². The summed E-state index contributed by atoms with van der Waals surface area (Å²) < 4.78 is 22.1. The van der Waals surface area contributed by atoms with Crippen molar-refractivity contribution in [3.63, 3.8) is 0 Å². The van der Waals surface area contributed by atoms with E-state index in [1.54, 1.807) is 29.7 Å². The summed E-state index contributed by atoms with van der Waals surface area (Å²) >= 11 is 1.59. The molecule has 1 aromatic carbocycles. The third-order valence-corrected chi connectivity index (χ3v) is 4.05. The maximum atomic E-state index is 11.1. The normalized spacial score (nSPS) is 11.6. The smallest absolute Gasteiger partial charge is 0.238 e. The van der Waals surface area contributed by atoms with Gasteiger partial charge in [0.15, 0.2) is 0 Å². The lowest BCUT2D eigenvalue weighted by Crippen LogP contribution is -2.14. The van der Waals surface area contributed by atoms with Gasteiger partial charge in [0.1, 0.15) is 5.01 Å². The number of hydrogen-bond donors (Lipinski definition) is 2. The van der Waals surface area contributed by atoms with Crippen molar-refractivity contribution < 1.29 is 8.42 Å². The van der Waals surface area contributed by atoms with Crippen LogP contribution in [0.15, 0.2) is 40.7 Å². The lowest BCUT2D eigenvalue weighted by Gasteiger charge is -2.04. The third-order valence-electron chi connectivity index (χ3n) is 2.34. The molecule has 2 rings (SSSR count). The van der Waals surface area contributed by atoms with Crippen molar-refractivity contribution in [1.82, 2.24) is 10.3 Å². The van der Waals surface area contributed by atoms with E-state index in [0.717, 1.165) is 10.6 Å². The lowest BCUT2D eigenvalue weighted by molar-refractivity contribution is 0.597. The first-order chi connectivity index (χ1) is 8.55. The highest BCUT2D eigenvalue weighted by Gasteiger charge is 2.06. The lowest BCUT2D eigenvalue weighted by atomic mass is 10.2. The number of nitrogens with two attached hydrogens (primary N) is 1. The maximum absolute atomic E-state index is 11.1. The van der Waals surface area contributed by atoms with Crippen LogP contribution in [0, 0.1) is 0 Å². The predicted octanol–water partition coefficient (Wildman–Crippen LogP) is 1.08. The van der Waals surface area contributed by atoms with Gasteiger partial charge in [-0.15, -0.1) is 11.3 Å². The third kappa shape index (κ3) is 3.61. The highest BCUT2D eigenvalue weighted by Crippen LogP contribution is 2.09. The van der Waals surface area contributed by atoms with E-state index in [-0.39, 0.29) is 4.90 Å². The summed E-state index contributed by atoms with van der Waals surface area (Å²) in [6.07, 6.45) is 1.77. The number of nitrogens with one attached hydrogen (secondary N) is 1. The van der Waals surface area contributed by atoms with E-state index in [1.165, 1.54) is 12.1 Å². The molecule has 0 amide bonds. The van der Waals surface area contributed by atoms with Crippen molar-refractivity contribution in [2.24, 2.45) is 5.14 Å². The summed E-state index contributed by atoms with van der Waals surface area (Å²) in [4.78, 5) is 4.28. The van der Waals surface area contributed by atoms with E-state index in [0.29, 0.717) is 13.1 Å². The van der Waals surface area contributed by atoms with Gasteiger partial charge in [-0.1, -0.05) is 12.1 Å². The summed E-state index contributed by atoms with van der Waals surface area (Å²) in [5.41, 5.74) is 0.999. The van der Waals surface area contributed by atoms with Crippen LogP contribution < -0.4 is 10.5 Å². The monoisotopic (exact) mass is 283 g/mol. The molecule has 0 fully saturated rings. The Morgan fingerprint density at radius 1 is 1.22 bits per heavy atom. The van der Waals surface area contributed by atoms with Crippen molar-refractivity contribution in [2.75, 3.05) is 0 Å². The molecule has 96 valence electrons.